The van der Waals surface area contributed by atoms with Crippen molar-refractivity contribution in [3.05, 3.63) is 41.5 Å². The molecule has 1 unspecified atom stereocenters. The van der Waals surface area contributed by atoms with E-state index in [1.165, 1.54) is 5.56 Å². The van der Waals surface area contributed by atoms with Gasteiger partial charge in [-0.25, -0.2) is 0 Å². The zero-order valence-electron chi connectivity index (χ0n) is 10.9. The predicted octanol–water partition coefficient (Wildman–Crippen LogP) is 2.38. The van der Waals surface area contributed by atoms with Crippen molar-refractivity contribution in [2.45, 2.75) is 32.4 Å². The van der Waals surface area contributed by atoms with Crippen LogP contribution in [0.3, 0.4) is 0 Å². The minimum Gasteiger partial charge on any atom is -0.484 e. The minimum absolute atomic E-state index is 0.233. The Morgan fingerprint density at radius 2 is 2.21 bits per heavy atom. The molecule has 0 aliphatic carbocycles. The van der Waals surface area contributed by atoms with Crippen LogP contribution in [0.15, 0.2) is 28.8 Å². The number of hydrogen-bond donors (Lipinski definition) is 1. The van der Waals surface area contributed by atoms with Crippen LogP contribution in [-0.2, 0) is 6.61 Å². The molecule has 2 aromatic rings. The van der Waals surface area contributed by atoms with Crippen molar-refractivity contribution in [2.24, 2.45) is 0 Å². The average molecular weight is 259 g/mol. The van der Waals surface area contributed by atoms with Crippen LogP contribution < -0.4 is 10.1 Å². The van der Waals surface area contributed by atoms with E-state index in [1.54, 1.807) is 0 Å². The first kappa shape index (κ1) is 12.2. The zero-order valence-corrected chi connectivity index (χ0v) is 10.9. The van der Waals surface area contributed by atoms with Crippen molar-refractivity contribution in [3.8, 4) is 5.75 Å². The average Bonchev–Trinajstić information content (AvgIpc) is 3.09. The number of benzene rings is 1. The molecule has 19 heavy (non-hydrogen) atoms. The zero-order chi connectivity index (χ0) is 13.1. The Bertz CT molecular complexity index is 530. The fraction of sp³-hybridized carbons (Fsp3) is 0.429. The van der Waals surface area contributed by atoms with Crippen LogP contribution in [0.25, 0.3) is 0 Å². The van der Waals surface area contributed by atoms with Crippen LogP contribution in [0.5, 0.6) is 5.75 Å². The summed E-state index contributed by atoms with van der Waals surface area (Å²) < 4.78 is 10.8. The molecule has 5 nitrogen and oxygen atoms in total. The quantitative estimate of drug-likeness (QED) is 0.913. The fourth-order valence-electron chi connectivity index (χ4n) is 2.15. The van der Waals surface area contributed by atoms with Crippen LogP contribution >= 0.6 is 0 Å². The topological polar surface area (TPSA) is 60.2 Å². The maximum absolute atomic E-state index is 5.61. The van der Waals surface area contributed by atoms with Gasteiger partial charge >= 0.3 is 0 Å². The molecule has 2 heterocycles. The lowest BCUT2D eigenvalue weighted by Crippen LogP contribution is -2.14. The van der Waals surface area contributed by atoms with Crippen LogP contribution in [-0.4, -0.2) is 16.7 Å². The summed E-state index contributed by atoms with van der Waals surface area (Å²) in [5, 5.41) is 7.34. The molecule has 1 aliphatic heterocycles. The van der Waals surface area contributed by atoms with Gasteiger partial charge in [0.25, 0.3) is 5.89 Å². The lowest BCUT2D eigenvalue weighted by Gasteiger charge is -2.03. The number of aromatic nitrogens is 2. The summed E-state index contributed by atoms with van der Waals surface area (Å²) in [4.78, 5) is 4.36. The molecule has 1 atom stereocenters. The van der Waals surface area contributed by atoms with E-state index in [1.807, 2.05) is 31.2 Å². The van der Waals surface area contributed by atoms with Gasteiger partial charge in [0, 0.05) is 0 Å². The lowest BCUT2D eigenvalue weighted by molar-refractivity contribution is 0.242. The summed E-state index contributed by atoms with van der Waals surface area (Å²) in [6.07, 6.45) is 2.23. The molecule has 0 radical (unpaired) electrons. The Balaban J connectivity index is 1.59. The Hall–Kier alpha value is -1.88. The highest BCUT2D eigenvalue weighted by Crippen LogP contribution is 2.20. The second-order valence-electron chi connectivity index (χ2n) is 4.80. The van der Waals surface area contributed by atoms with Gasteiger partial charge in [-0.2, -0.15) is 4.98 Å². The number of ether oxygens (including phenoxy) is 1. The number of nitrogens with zero attached hydrogens (tertiary/aromatic N) is 2. The highest BCUT2D eigenvalue weighted by molar-refractivity contribution is 5.26. The van der Waals surface area contributed by atoms with Crippen molar-refractivity contribution in [2.75, 3.05) is 6.54 Å². The predicted molar refractivity (Wildman–Crippen MR) is 69.8 cm³/mol. The number of hydrogen-bond acceptors (Lipinski definition) is 5. The van der Waals surface area contributed by atoms with Crippen molar-refractivity contribution >= 4 is 0 Å². The molecule has 3 rings (SSSR count). The summed E-state index contributed by atoms with van der Waals surface area (Å²) in [6, 6.07) is 8.13. The summed E-state index contributed by atoms with van der Waals surface area (Å²) in [6.45, 7) is 3.37. The van der Waals surface area contributed by atoms with E-state index in [4.69, 9.17) is 9.26 Å². The van der Waals surface area contributed by atoms with E-state index in [9.17, 15) is 0 Å². The standard InChI is InChI=1S/C14H17N3O2/c1-10-4-6-11(7-5-10)18-9-13-16-14(17-19-13)12-3-2-8-15-12/h4-7,12,15H,2-3,8-9H2,1H3. The first-order chi connectivity index (χ1) is 9.31. The van der Waals surface area contributed by atoms with E-state index < -0.39 is 0 Å². The molecule has 100 valence electrons. The molecule has 1 aromatic heterocycles. The first-order valence-corrected chi connectivity index (χ1v) is 6.56. The van der Waals surface area contributed by atoms with Gasteiger partial charge in [-0.05, 0) is 38.4 Å². The third-order valence-corrected chi connectivity index (χ3v) is 3.24. The molecule has 5 heteroatoms. The maximum atomic E-state index is 5.61. The monoisotopic (exact) mass is 259 g/mol. The van der Waals surface area contributed by atoms with Gasteiger partial charge in [0.05, 0.1) is 6.04 Å². The Morgan fingerprint density at radius 3 is 2.95 bits per heavy atom. The molecule has 0 spiro atoms. The molecule has 1 aromatic carbocycles. The van der Waals surface area contributed by atoms with Crippen molar-refractivity contribution in [3.63, 3.8) is 0 Å². The van der Waals surface area contributed by atoms with Crippen molar-refractivity contribution in [1.29, 1.82) is 0 Å². The summed E-state index contributed by atoms with van der Waals surface area (Å²) >= 11 is 0. The summed E-state index contributed by atoms with van der Waals surface area (Å²) in [7, 11) is 0. The first-order valence-electron chi connectivity index (χ1n) is 6.56. The molecule has 1 fully saturated rings. The van der Waals surface area contributed by atoms with E-state index in [0.717, 1.165) is 31.0 Å². The Kier molecular flexibility index (Phi) is 3.46. The van der Waals surface area contributed by atoms with Crippen molar-refractivity contribution < 1.29 is 9.26 Å². The van der Waals surface area contributed by atoms with Crippen LogP contribution in [0, 0.1) is 6.92 Å². The van der Waals surface area contributed by atoms with Gasteiger partial charge in [0.15, 0.2) is 12.4 Å². The molecule has 1 aliphatic rings. The third-order valence-electron chi connectivity index (χ3n) is 3.24. The van der Waals surface area contributed by atoms with E-state index >= 15 is 0 Å². The summed E-state index contributed by atoms with van der Waals surface area (Å²) in [5.74, 6) is 2.06. The van der Waals surface area contributed by atoms with Crippen LogP contribution in [0.2, 0.25) is 0 Å². The lowest BCUT2D eigenvalue weighted by atomic mass is 10.2. The van der Waals surface area contributed by atoms with Gasteiger partial charge in [-0.15, -0.1) is 0 Å². The Labute approximate surface area is 112 Å². The second-order valence-corrected chi connectivity index (χ2v) is 4.80. The minimum atomic E-state index is 0.233. The van der Waals surface area contributed by atoms with Gasteiger partial charge in [0.1, 0.15) is 5.75 Å². The molecule has 0 saturated carbocycles. The number of rotatable bonds is 4. The summed E-state index contributed by atoms with van der Waals surface area (Å²) in [5.41, 5.74) is 1.21. The normalized spacial score (nSPS) is 18.7. The molecule has 1 saturated heterocycles. The maximum Gasteiger partial charge on any atom is 0.264 e. The van der Waals surface area contributed by atoms with Crippen molar-refractivity contribution in [1.82, 2.24) is 15.5 Å². The van der Waals surface area contributed by atoms with E-state index in [2.05, 4.69) is 15.5 Å². The molecular formula is C14H17N3O2. The highest BCUT2D eigenvalue weighted by atomic mass is 16.5. The van der Waals surface area contributed by atoms with Crippen LogP contribution in [0.1, 0.15) is 36.2 Å². The molecular weight excluding hydrogens is 242 g/mol. The van der Waals surface area contributed by atoms with E-state index in [0.29, 0.717) is 12.5 Å². The molecule has 0 amide bonds. The van der Waals surface area contributed by atoms with E-state index in [-0.39, 0.29) is 6.04 Å². The number of aryl methyl sites for hydroxylation is 1. The van der Waals surface area contributed by atoms with Gasteiger partial charge in [-0.3, -0.25) is 0 Å². The largest absolute Gasteiger partial charge is 0.484 e. The third kappa shape index (κ3) is 2.93. The van der Waals surface area contributed by atoms with Gasteiger partial charge in [0.2, 0.25) is 0 Å². The second kappa shape index (κ2) is 5.40. The SMILES string of the molecule is Cc1ccc(OCc2nc(C3CCCN3)no2)cc1. The fourth-order valence-corrected chi connectivity index (χ4v) is 2.15. The molecule has 0 bridgehead atoms. The molecule has 1 N–H and O–H groups in total. The highest BCUT2D eigenvalue weighted by Gasteiger charge is 2.21. The van der Waals surface area contributed by atoms with Gasteiger partial charge < -0.3 is 14.6 Å². The number of nitrogens with one attached hydrogen (secondary N) is 1. The Morgan fingerprint density at radius 1 is 1.37 bits per heavy atom. The smallest absolute Gasteiger partial charge is 0.264 e. The van der Waals surface area contributed by atoms with Crippen LogP contribution in [0.4, 0.5) is 0 Å². The van der Waals surface area contributed by atoms with Gasteiger partial charge in [-0.1, -0.05) is 22.9 Å².